The van der Waals surface area contributed by atoms with Gasteiger partial charge < -0.3 is 4.42 Å². The highest BCUT2D eigenvalue weighted by molar-refractivity contribution is 7.17. The van der Waals surface area contributed by atoms with Crippen molar-refractivity contribution in [2.75, 3.05) is 5.32 Å². The van der Waals surface area contributed by atoms with Gasteiger partial charge in [0, 0.05) is 6.42 Å². The molecule has 0 bridgehead atoms. The van der Waals surface area contributed by atoms with E-state index in [2.05, 4.69) is 10.3 Å². The van der Waals surface area contributed by atoms with Crippen molar-refractivity contribution in [3.63, 3.8) is 0 Å². The van der Waals surface area contributed by atoms with Crippen LogP contribution >= 0.6 is 11.3 Å². The number of rotatable bonds is 2. The van der Waals surface area contributed by atoms with E-state index in [0.717, 1.165) is 18.5 Å². The Hall–Kier alpha value is -1.95. The highest BCUT2D eigenvalue weighted by atomic mass is 32.1. The van der Waals surface area contributed by atoms with Crippen LogP contribution in [0, 0.1) is 13.8 Å². The van der Waals surface area contributed by atoms with Crippen LogP contribution in [-0.2, 0) is 6.42 Å². The minimum absolute atomic E-state index is 0.125. The minimum atomic E-state index is -0.252. The Morgan fingerprint density at radius 1 is 1.40 bits per heavy atom. The second-order valence-electron chi connectivity index (χ2n) is 4.85. The van der Waals surface area contributed by atoms with Gasteiger partial charge in [0.2, 0.25) is 0 Å². The van der Waals surface area contributed by atoms with Crippen LogP contribution in [0.1, 0.15) is 50.1 Å². The lowest BCUT2D eigenvalue weighted by Crippen LogP contribution is -2.12. The van der Waals surface area contributed by atoms with Crippen LogP contribution in [0.15, 0.2) is 10.5 Å². The highest BCUT2D eigenvalue weighted by Crippen LogP contribution is 2.30. The van der Waals surface area contributed by atoms with Crippen molar-refractivity contribution in [3.05, 3.63) is 33.7 Å². The normalized spacial score (nSPS) is 14.2. The van der Waals surface area contributed by atoms with Crippen molar-refractivity contribution in [1.29, 1.82) is 0 Å². The lowest BCUT2D eigenvalue weighted by Gasteiger charge is -2.05. The van der Waals surface area contributed by atoms with Crippen LogP contribution < -0.4 is 5.32 Å². The van der Waals surface area contributed by atoms with E-state index in [4.69, 9.17) is 4.42 Å². The van der Waals surface area contributed by atoms with Crippen molar-refractivity contribution < 1.29 is 14.0 Å². The molecule has 1 amide bonds. The summed E-state index contributed by atoms with van der Waals surface area (Å²) in [7, 11) is 0. The van der Waals surface area contributed by atoms with E-state index in [1.54, 1.807) is 19.9 Å². The fraction of sp³-hybridized carbons (Fsp3) is 0.357. The van der Waals surface area contributed by atoms with Gasteiger partial charge in [-0.05, 0) is 32.8 Å². The number of anilines is 1. The maximum Gasteiger partial charge on any atom is 0.260 e. The number of thiazole rings is 1. The van der Waals surface area contributed by atoms with Gasteiger partial charge >= 0.3 is 0 Å². The molecule has 0 radical (unpaired) electrons. The van der Waals surface area contributed by atoms with Gasteiger partial charge in [0.05, 0.1) is 16.1 Å². The maximum atomic E-state index is 12.2. The first-order valence-corrected chi connectivity index (χ1v) is 7.27. The molecule has 0 spiro atoms. The Kier molecular flexibility index (Phi) is 3.17. The topological polar surface area (TPSA) is 72.2 Å². The number of hydrogen-bond donors (Lipinski definition) is 1. The van der Waals surface area contributed by atoms with E-state index in [9.17, 15) is 9.59 Å². The summed E-state index contributed by atoms with van der Waals surface area (Å²) < 4.78 is 5.34. The Morgan fingerprint density at radius 2 is 2.20 bits per heavy atom. The van der Waals surface area contributed by atoms with Crippen molar-refractivity contribution in [1.82, 2.24) is 4.98 Å². The molecule has 0 unspecified atom stereocenters. The first kappa shape index (κ1) is 13.1. The van der Waals surface area contributed by atoms with Crippen LogP contribution in [0.4, 0.5) is 5.13 Å². The molecule has 0 fully saturated rings. The molecular weight excluding hydrogens is 276 g/mol. The second kappa shape index (κ2) is 4.86. The van der Waals surface area contributed by atoms with E-state index < -0.39 is 0 Å². The molecule has 2 aromatic rings. The summed E-state index contributed by atoms with van der Waals surface area (Å²) in [6.45, 7) is 3.54. The average Bonchev–Trinajstić information content (AvgIpc) is 2.93. The number of ketones is 1. The van der Waals surface area contributed by atoms with Crippen molar-refractivity contribution >= 4 is 28.2 Å². The molecule has 104 valence electrons. The molecule has 1 N–H and O–H groups in total. The molecule has 5 nitrogen and oxygen atoms in total. The molecule has 3 rings (SSSR count). The van der Waals surface area contributed by atoms with Crippen LogP contribution in [0.25, 0.3) is 0 Å². The first-order valence-electron chi connectivity index (χ1n) is 6.46. The van der Waals surface area contributed by atoms with Gasteiger partial charge in [-0.3, -0.25) is 14.9 Å². The molecule has 2 heterocycles. The van der Waals surface area contributed by atoms with E-state index in [-0.39, 0.29) is 11.7 Å². The number of furan rings is 1. The predicted molar refractivity (Wildman–Crippen MR) is 75.5 cm³/mol. The number of Topliss-reactive ketones (excluding diaryl/α,β-unsaturated/α-hetero) is 1. The minimum Gasteiger partial charge on any atom is -0.466 e. The monoisotopic (exact) mass is 290 g/mol. The molecule has 2 aromatic heterocycles. The molecule has 0 saturated carbocycles. The number of aryl methyl sites for hydroxylation is 3. The van der Waals surface area contributed by atoms with Crippen LogP contribution in [0.3, 0.4) is 0 Å². The van der Waals surface area contributed by atoms with E-state index in [0.29, 0.717) is 33.5 Å². The Balaban J connectivity index is 1.83. The number of amides is 1. The fourth-order valence-corrected chi connectivity index (χ4v) is 3.32. The predicted octanol–water partition coefficient (Wildman–Crippen LogP) is 3.12. The maximum absolute atomic E-state index is 12.2. The van der Waals surface area contributed by atoms with E-state index in [1.165, 1.54) is 11.3 Å². The largest absolute Gasteiger partial charge is 0.466 e. The van der Waals surface area contributed by atoms with E-state index >= 15 is 0 Å². The standard InChI is InChI=1S/C14H14N2O3S/c1-7-6-9(8(2)19-7)13(18)16-14-15-10-4-3-5-11(17)12(10)20-14/h6H,3-5H2,1-2H3,(H,15,16,18). The molecule has 0 saturated heterocycles. The number of fused-ring (bicyclic) bond motifs is 1. The summed E-state index contributed by atoms with van der Waals surface area (Å²) in [6.07, 6.45) is 2.21. The fourth-order valence-electron chi connectivity index (χ4n) is 2.34. The first-order chi connectivity index (χ1) is 9.54. The molecule has 6 heteroatoms. The number of aromatic nitrogens is 1. The highest BCUT2D eigenvalue weighted by Gasteiger charge is 2.23. The lowest BCUT2D eigenvalue weighted by atomic mass is 10.0. The molecule has 0 aromatic carbocycles. The molecule has 20 heavy (non-hydrogen) atoms. The summed E-state index contributed by atoms with van der Waals surface area (Å²) in [5, 5.41) is 3.23. The average molecular weight is 290 g/mol. The van der Waals surface area contributed by atoms with E-state index in [1.807, 2.05) is 0 Å². The lowest BCUT2D eigenvalue weighted by molar-refractivity contribution is 0.0975. The zero-order valence-electron chi connectivity index (χ0n) is 11.3. The second-order valence-corrected chi connectivity index (χ2v) is 5.85. The number of carbonyl (C=O) groups excluding carboxylic acids is 2. The Labute approximate surface area is 120 Å². The number of carbonyl (C=O) groups is 2. The van der Waals surface area contributed by atoms with Crippen molar-refractivity contribution in [2.24, 2.45) is 0 Å². The summed E-state index contributed by atoms with van der Waals surface area (Å²) in [5.74, 6) is 1.15. The summed E-state index contributed by atoms with van der Waals surface area (Å²) in [6, 6.07) is 1.70. The van der Waals surface area contributed by atoms with Crippen LogP contribution in [-0.4, -0.2) is 16.7 Å². The summed E-state index contributed by atoms with van der Waals surface area (Å²) in [4.78, 5) is 28.9. The van der Waals surface area contributed by atoms with Gasteiger partial charge in [-0.1, -0.05) is 11.3 Å². The summed E-state index contributed by atoms with van der Waals surface area (Å²) in [5.41, 5.74) is 1.31. The third kappa shape index (κ3) is 2.27. The van der Waals surface area contributed by atoms with Crippen LogP contribution in [0.5, 0.6) is 0 Å². The number of nitrogens with zero attached hydrogens (tertiary/aromatic N) is 1. The van der Waals surface area contributed by atoms with Gasteiger partial charge in [0.1, 0.15) is 11.5 Å². The Morgan fingerprint density at radius 3 is 2.85 bits per heavy atom. The van der Waals surface area contributed by atoms with Gasteiger partial charge in [-0.2, -0.15) is 0 Å². The molecule has 0 aliphatic heterocycles. The molecule has 1 aliphatic carbocycles. The van der Waals surface area contributed by atoms with Crippen molar-refractivity contribution in [3.8, 4) is 0 Å². The van der Waals surface area contributed by atoms with Crippen LogP contribution in [0.2, 0.25) is 0 Å². The third-order valence-corrected chi connectivity index (χ3v) is 4.33. The number of hydrogen-bond acceptors (Lipinski definition) is 5. The zero-order chi connectivity index (χ0) is 14.3. The Bertz CT molecular complexity index is 699. The SMILES string of the molecule is Cc1cc(C(=O)Nc2nc3c(s2)C(=O)CCC3)c(C)o1. The molecular formula is C14H14N2O3S. The van der Waals surface area contributed by atoms with Gasteiger partial charge in [-0.25, -0.2) is 4.98 Å². The van der Waals surface area contributed by atoms with Gasteiger partial charge in [0.25, 0.3) is 5.91 Å². The molecule has 0 atom stereocenters. The van der Waals surface area contributed by atoms with Gasteiger partial charge in [-0.15, -0.1) is 0 Å². The van der Waals surface area contributed by atoms with Crippen molar-refractivity contribution in [2.45, 2.75) is 33.1 Å². The smallest absolute Gasteiger partial charge is 0.260 e. The quantitative estimate of drug-likeness (QED) is 0.922. The number of nitrogens with one attached hydrogen (secondary N) is 1. The third-order valence-electron chi connectivity index (χ3n) is 3.27. The molecule has 1 aliphatic rings. The zero-order valence-corrected chi connectivity index (χ0v) is 12.1. The summed E-state index contributed by atoms with van der Waals surface area (Å²) >= 11 is 1.26. The van der Waals surface area contributed by atoms with Gasteiger partial charge in [0.15, 0.2) is 10.9 Å².